The highest BCUT2D eigenvalue weighted by molar-refractivity contribution is 4.61. The van der Waals surface area contributed by atoms with E-state index in [9.17, 15) is 0 Å². The predicted molar refractivity (Wildman–Crippen MR) is 79.3 cm³/mol. The fraction of sp³-hybridized carbons (Fsp3) is 1.00. The molecule has 0 aliphatic rings. The second-order valence-corrected chi connectivity index (χ2v) is 6.48. The van der Waals surface area contributed by atoms with Gasteiger partial charge in [0.05, 0.1) is 0 Å². The molecular formula is C16H35N. The Morgan fingerprint density at radius 1 is 0.647 bits per heavy atom. The summed E-state index contributed by atoms with van der Waals surface area (Å²) in [5, 5.41) is 3.57. The van der Waals surface area contributed by atoms with Crippen LogP contribution in [0.3, 0.4) is 0 Å². The van der Waals surface area contributed by atoms with Gasteiger partial charge in [0.25, 0.3) is 0 Å². The van der Waals surface area contributed by atoms with Crippen LogP contribution < -0.4 is 5.32 Å². The predicted octanol–water partition coefficient (Wildman–Crippen LogP) is 4.72. The van der Waals surface area contributed by atoms with Gasteiger partial charge in [-0.15, -0.1) is 0 Å². The van der Waals surface area contributed by atoms with E-state index in [0.717, 1.165) is 23.7 Å². The summed E-state index contributed by atoms with van der Waals surface area (Å²) in [6, 6.07) is 0. The molecule has 2 atom stereocenters. The Hall–Kier alpha value is -0.0400. The minimum Gasteiger partial charge on any atom is -0.317 e. The molecule has 0 aliphatic carbocycles. The number of rotatable bonds is 10. The molecule has 0 aromatic heterocycles. The van der Waals surface area contributed by atoms with Gasteiger partial charge < -0.3 is 5.32 Å². The van der Waals surface area contributed by atoms with E-state index >= 15 is 0 Å². The molecular weight excluding hydrogens is 206 g/mol. The van der Waals surface area contributed by atoms with Gasteiger partial charge in [0.15, 0.2) is 0 Å². The third-order valence-corrected chi connectivity index (χ3v) is 4.32. The van der Waals surface area contributed by atoms with E-state index in [1.165, 1.54) is 38.8 Å². The molecule has 17 heavy (non-hydrogen) atoms. The van der Waals surface area contributed by atoms with E-state index in [2.05, 4.69) is 46.9 Å². The van der Waals surface area contributed by atoms with Gasteiger partial charge in [0.2, 0.25) is 0 Å². The van der Waals surface area contributed by atoms with Crippen molar-refractivity contribution in [3.63, 3.8) is 0 Å². The Balaban J connectivity index is 3.24. The van der Waals surface area contributed by atoms with Crippen LogP contribution in [0.1, 0.15) is 67.2 Å². The lowest BCUT2D eigenvalue weighted by Crippen LogP contribution is -2.20. The first-order valence-corrected chi connectivity index (χ1v) is 7.65. The summed E-state index contributed by atoms with van der Waals surface area (Å²) in [4.78, 5) is 0. The monoisotopic (exact) mass is 241 g/mol. The highest BCUT2D eigenvalue weighted by Gasteiger charge is 2.07. The van der Waals surface area contributed by atoms with E-state index in [-0.39, 0.29) is 0 Å². The van der Waals surface area contributed by atoms with Gasteiger partial charge in [-0.1, -0.05) is 54.4 Å². The molecule has 1 N–H and O–H groups in total. The summed E-state index contributed by atoms with van der Waals surface area (Å²) in [7, 11) is 0. The topological polar surface area (TPSA) is 12.0 Å². The SMILES string of the molecule is CC(C)C(C)CCCCNCCC(C)C(C)C. The Morgan fingerprint density at radius 3 is 1.71 bits per heavy atom. The average Bonchev–Trinajstić information content (AvgIpc) is 2.26. The molecule has 0 aliphatic heterocycles. The Labute approximate surface area is 110 Å². The summed E-state index contributed by atoms with van der Waals surface area (Å²) in [5.74, 6) is 3.40. The minimum absolute atomic E-state index is 0.823. The number of hydrogen-bond donors (Lipinski definition) is 1. The van der Waals surface area contributed by atoms with Gasteiger partial charge in [-0.05, 0) is 49.6 Å². The Bertz CT molecular complexity index is 145. The van der Waals surface area contributed by atoms with Crippen molar-refractivity contribution in [1.82, 2.24) is 5.32 Å². The lowest BCUT2D eigenvalue weighted by atomic mass is 9.92. The highest BCUT2D eigenvalue weighted by Crippen LogP contribution is 2.16. The number of hydrogen-bond acceptors (Lipinski definition) is 1. The molecule has 0 bridgehead atoms. The fourth-order valence-electron chi connectivity index (χ4n) is 1.84. The molecule has 0 spiro atoms. The fourth-order valence-corrected chi connectivity index (χ4v) is 1.84. The molecule has 0 fully saturated rings. The van der Waals surface area contributed by atoms with E-state index in [4.69, 9.17) is 0 Å². The summed E-state index contributed by atoms with van der Waals surface area (Å²) in [6.45, 7) is 16.4. The zero-order valence-electron chi connectivity index (χ0n) is 13.1. The van der Waals surface area contributed by atoms with Crippen LogP contribution in [0.2, 0.25) is 0 Å². The summed E-state index contributed by atoms with van der Waals surface area (Å²) < 4.78 is 0. The maximum Gasteiger partial charge on any atom is -0.00463 e. The normalized spacial score (nSPS) is 15.5. The smallest absolute Gasteiger partial charge is 0.00463 e. The van der Waals surface area contributed by atoms with Crippen molar-refractivity contribution in [2.75, 3.05) is 13.1 Å². The molecule has 0 rings (SSSR count). The highest BCUT2D eigenvalue weighted by atomic mass is 14.8. The van der Waals surface area contributed by atoms with E-state index in [1.807, 2.05) is 0 Å². The van der Waals surface area contributed by atoms with Crippen LogP contribution in [0.25, 0.3) is 0 Å². The van der Waals surface area contributed by atoms with E-state index in [0.29, 0.717) is 0 Å². The Kier molecular flexibility index (Phi) is 9.91. The molecule has 1 nitrogen and oxygen atoms in total. The van der Waals surface area contributed by atoms with Gasteiger partial charge >= 0.3 is 0 Å². The summed E-state index contributed by atoms with van der Waals surface area (Å²) in [5.41, 5.74) is 0. The third kappa shape index (κ3) is 9.64. The lowest BCUT2D eigenvalue weighted by molar-refractivity contribution is 0.368. The standard InChI is InChI=1S/C16H35N/c1-13(2)15(5)9-7-8-11-17-12-10-16(6)14(3)4/h13-17H,7-12H2,1-6H3. The number of nitrogens with one attached hydrogen (secondary N) is 1. The molecule has 0 heterocycles. The van der Waals surface area contributed by atoms with Crippen LogP contribution in [-0.2, 0) is 0 Å². The molecule has 1 heteroatoms. The largest absolute Gasteiger partial charge is 0.317 e. The van der Waals surface area contributed by atoms with E-state index in [1.54, 1.807) is 0 Å². The average molecular weight is 241 g/mol. The Morgan fingerprint density at radius 2 is 1.18 bits per heavy atom. The van der Waals surface area contributed by atoms with Gasteiger partial charge in [0, 0.05) is 0 Å². The summed E-state index contributed by atoms with van der Waals surface area (Å²) in [6.07, 6.45) is 5.43. The van der Waals surface area contributed by atoms with Crippen molar-refractivity contribution in [2.45, 2.75) is 67.2 Å². The lowest BCUT2D eigenvalue weighted by Gasteiger charge is -2.16. The molecule has 0 radical (unpaired) electrons. The molecule has 0 saturated heterocycles. The second kappa shape index (κ2) is 9.94. The quantitative estimate of drug-likeness (QED) is 0.546. The zero-order chi connectivity index (χ0) is 13.3. The molecule has 2 unspecified atom stereocenters. The van der Waals surface area contributed by atoms with Crippen molar-refractivity contribution in [3.8, 4) is 0 Å². The van der Waals surface area contributed by atoms with Crippen LogP contribution in [0.15, 0.2) is 0 Å². The van der Waals surface area contributed by atoms with E-state index < -0.39 is 0 Å². The van der Waals surface area contributed by atoms with Crippen LogP contribution in [0.4, 0.5) is 0 Å². The van der Waals surface area contributed by atoms with Gasteiger partial charge in [-0.2, -0.15) is 0 Å². The maximum atomic E-state index is 3.57. The molecule has 0 aromatic carbocycles. The van der Waals surface area contributed by atoms with Crippen molar-refractivity contribution in [3.05, 3.63) is 0 Å². The second-order valence-electron chi connectivity index (χ2n) is 6.48. The molecule has 0 amide bonds. The maximum absolute atomic E-state index is 3.57. The van der Waals surface area contributed by atoms with Crippen molar-refractivity contribution >= 4 is 0 Å². The first-order valence-electron chi connectivity index (χ1n) is 7.65. The first kappa shape index (κ1) is 17.0. The first-order chi connectivity index (χ1) is 7.95. The zero-order valence-corrected chi connectivity index (χ0v) is 13.1. The van der Waals surface area contributed by atoms with Gasteiger partial charge in [-0.3, -0.25) is 0 Å². The van der Waals surface area contributed by atoms with Gasteiger partial charge in [-0.25, -0.2) is 0 Å². The third-order valence-electron chi connectivity index (χ3n) is 4.32. The van der Waals surface area contributed by atoms with Gasteiger partial charge in [0.1, 0.15) is 0 Å². The molecule has 104 valence electrons. The van der Waals surface area contributed by atoms with Crippen LogP contribution >= 0.6 is 0 Å². The van der Waals surface area contributed by atoms with Crippen molar-refractivity contribution < 1.29 is 0 Å². The minimum atomic E-state index is 0.823. The van der Waals surface area contributed by atoms with Crippen molar-refractivity contribution in [2.24, 2.45) is 23.7 Å². The van der Waals surface area contributed by atoms with Crippen LogP contribution in [0.5, 0.6) is 0 Å². The van der Waals surface area contributed by atoms with Crippen LogP contribution in [0, 0.1) is 23.7 Å². The summed E-state index contributed by atoms with van der Waals surface area (Å²) >= 11 is 0. The molecule has 0 saturated carbocycles. The van der Waals surface area contributed by atoms with Crippen molar-refractivity contribution in [1.29, 1.82) is 0 Å². The molecule has 0 aromatic rings. The number of unbranched alkanes of at least 4 members (excludes halogenated alkanes) is 1. The van der Waals surface area contributed by atoms with Crippen LogP contribution in [-0.4, -0.2) is 13.1 Å².